The highest BCUT2D eigenvalue weighted by atomic mass is 32.1. The molecule has 0 unspecified atom stereocenters. The molecule has 2 aromatic heterocycles. The van der Waals surface area contributed by atoms with Gasteiger partial charge in [0.1, 0.15) is 16.4 Å². The number of ether oxygens (including phenoxy) is 2. The standard InChI is InChI=1S/C13H11N5O3S/c1-7-14-16-13(22-7)18-12(9(5-19)15-17-18)8-2-3-10-11(4-8)21-6-20-10/h2-4,19H,5-6H2,1H3. The zero-order valence-electron chi connectivity index (χ0n) is 11.6. The second-order valence-electron chi connectivity index (χ2n) is 4.63. The highest BCUT2D eigenvalue weighted by Gasteiger charge is 2.21. The first-order valence-corrected chi connectivity index (χ1v) is 7.34. The van der Waals surface area contributed by atoms with Crippen LogP contribution in [0.4, 0.5) is 0 Å². The summed E-state index contributed by atoms with van der Waals surface area (Å²) in [6, 6.07) is 5.53. The molecule has 3 heterocycles. The maximum atomic E-state index is 9.53. The summed E-state index contributed by atoms with van der Waals surface area (Å²) in [5, 5.41) is 27.1. The molecule has 9 heteroatoms. The van der Waals surface area contributed by atoms with Gasteiger partial charge >= 0.3 is 0 Å². The normalized spacial score (nSPS) is 12.8. The first-order chi connectivity index (χ1) is 10.8. The van der Waals surface area contributed by atoms with E-state index < -0.39 is 0 Å². The Bertz CT molecular complexity index is 844. The van der Waals surface area contributed by atoms with Gasteiger partial charge in [0.15, 0.2) is 11.5 Å². The number of aliphatic hydroxyl groups is 1. The molecule has 1 aliphatic heterocycles. The van der Waals surface area contributed by atoms with E-state index in [1.165, 1.54) is 11.3 Å². The van der Waals surface area contributed by atoms with Gasteiger partial charge in [-0.25, -0.2) is 0 Å². The summed E-state index contributed by atoms with van der Waals surface area (Å²) in [5.74, 6) is 1.35. The van der Waals surface area contributed by atoms with Gasteiger partial charge in [0.05, 0.1) is 6.61 Å². The first kappa shape index (κ1) is 13.2. The minimum absolute atomic E-state index is 0.207. The molecule has 0 aliphatic carbocycles. The third kappa shape index (κ3) is 2.02. The van der Waals surface area contributed by atoms with Gasteiger partial charge in [0, 0.05) is 5.56 Å². The second-order valence-corrected chi connectivity index (χ2v) is 5.79. The largest absolute Gasteiger partial charge is 0.454 e. The van der Waals surface area contributed by atoms with Crippen LogP contribution in [0.3, 0.4) is 0 Å². The van der Waals surface area contributed by atoms with Crippen molar-refractivity contribution in [2.24, 2.45) is 0 Å². The number of aryl methyl sites for hydroxylation is 1. The second kappa shape index (κ2) is 5.04. The molecule has 1 N–H and O–H groups in total. The summed E-state index contributed by atoms with van der Waals surface area (Å²) in [6.45, 7) is 1.85. The quantitative estimate of drug-likeness (QED) is 0.778. The van der Waals surface area contributed by atoms with Crippen LogP contribution in [0.15, 0.2) is 18.2 Å². The van der Waals surface area contributed by atoms with Crippen molar-refractivity contribution in [3.63, 3.8) is 0 Å². The van der Waals surface area contributed by atoms with E-state index in [-0.39, 0.29) is 13.4 Å². The van der Waals surface area contributed by atoms with E-state index >= 15 is 0 Å². The maximum absolute atomic E-state index is 9.53. The summed E-state index contributed by atoms with van der Waals surface area (Å²) >= 11 is 1.40. The van der Waals surface area contributed by atoms with Crippen LogP contribution in [0.5, 0.6) is 11.5 Å². The molecule has 0 atom stereocenters. The van der Waals surface area contributed by atoms with E-state index in [1.54, 1.807) is 4.68 Å². The molecule has 22 heavy (non-hydrogen) atoms. The molecular weight excluding hydrogens is 306 g/mol. The molecule has 0 spiro atoms. The Balaban J connectivity index is 1.88. The molecule has 0 saturated carbocycles. The predicted molar refractivity (Wildman–Crippen MR) is 77.0 cm³/mol. The Morgan fingerprint density at radius 3 is 2.86 bits per heavy atom. The van der Waals surface area contributed by atoms with Gasteiger partial charge in [-0.2, -0.15) is 4.68 Å². The van der Waals surface area contributed by atoms with Gasteiger partial charge < -0.3 is 14.6 Å². The van der Waals surface area contributed by atoms with Crippen molar-refractivity contribution < 1.29 is 14.6 Å². The molecular formula is C13H11N5O3S. The monoisotopic (exact) mass is 317 g/mol. The van der Waals surface area contributed by atoms with Crippen LogP contribution in [0.1, 0.15) is 10.7 Å². The molecule has 3 aromatic rings. The smallest absolute Gasteiger partial charge is 0.234 e. The van der Waals surface area contributed by atoms with Gasteiger partial charge in [-0.3, -0.25) is 0 Å². The molecule has 1 aromatic carbocycles. The number of benzene rings is 1. The molecule has 1 aliphatic rings. The molecule has 0 radical (unpaired) electrons. The van der Waals surface area contributed by atoms with Crippen molar-refractivity contribution >= 4 is 11.3 Å². The third-order valence-electron chi connectivity index (χ3n) is 3.23. The summed E-state index contributed by atoms with van der Waals surface area (Å²) in [4.78, 5) is 0. The minimum atomic E-state index is -0.221. The summed E-state index contributed by atoms with van der Waals surface area (Å²) in [7, 11) is 0. The Labute approximate surface area is 128 Å². The minimum Gasteiger partial charge on any atom is -0.454 e. The molecule has 0 fully saturated rings. The molecule has 0 saturated heterocycles. The van der Waals surface area contributed by atoms with Gasteiger partial charge in [0.25, 0.3) is 0 Å². The van der Waals surface area contributed by atoms with Gasteiger partial charge in [-0.05, 0) is 25.1 Å². The molecule has 112 valence electrons. The number of aliphatic hydroxyl groups excluding tert-OH is 1. The fraction of sp³-hybridized carbons (Fsp3) is 0.231. The first-order valence-electron chi connectivity index (χ1n) is 6.52. The summed E-state index contributed by atoms with van der Waals surface area (Å²) in [5.41, 5.74) is 1.94. The SMILES string of the molecule is Cc1nnc(-n2nnc(CO)c2-c2ccc3c(c2)OCO3)s1. The topological polar surface area (TPSA) is 95.2 Å². The van der Waals surface area contributed by atoms with Crippen LogP contribution < -0.4 is 9.47 Å². The Morgan fingerprint density at radius 2 is 2.09 bits per heavy atom. The van der Waals surface area contributed by atoms with E-state index in [9.17, 15) is 5.11 Å². The maximum Gasteiger partial charge on any atom is 0.234 e. The zero-order valence-corrected chi connectivity index (χ0v) is 12.4. The zero-order chi connectivity index (χ0) is 15.1. The lowest BCUT2D eigenvalue weighted by atomic mass is 10.1. The van der Waals surface area contributed by atoms with Crippen LogP contribution in [0, 0.1) is 6.92 Å². The number of hydrogen-bond donors (Lipinski definition) is 1. The van der Waals surface area contributed by atoms with Crippen molar-refractivity contribution in [1.29, 1.82) is 0 Å². The van der Waals surface area contributed by atoms with E-state index in [2.05, 4.69) is 20.5 Å². The lowest BCUT2D eigenvalue weighted by Gasteiger charge is -2.05. The fourth-order valence-electron chi connectivity index (χ4n) is 2.26. The van der Waals surface area contributed by atoms with Crippen molar-refractivity contribution in [2.75, 3.05) is 6.79 Å². The summed E-state index contributed by atoms with van der Waals surface area (Å²) < 4.78 is 12.3. The van der Waals surface area contributed by atoms with E-state index in [1.807, 2.05) is 25.1 Å². The van der Waals surface area contributed by atoms with Crippen molar-refractivity contribution in [3.8, 4) is 27.9 Å². The van der Waals surface area contributed by atoms with Crippen molar-refractivity contribution in [3.05, 3.63) is 28.9 Å². The number of fused-ring (bicyclic) bond motifs is 1. The summed E-state index contributed by atoms with van der Waals surface area (Å²) in [6.07, 6.45) is 0. The predicted octanol–water partition coefficient (Wildman–Crippen LogP) is 1.32. The van der Waals surface area contributed by atoms with Gasteiger partial charge in [-0.1, -0.05) is 16.6 Å². The van der Waals surface area contributed by atoms with Gasteiger partial charge in [0.2, 0.25) is 11.9 Å². The number of rotatable bonds is 3. The van der Waals surface area contributed by atoms with Crippen LogP contribution in [0.2, 0.25) is 0 Å². The van der Waals surface area contributed by atoms with Crippen LogP contribution in [-0.2, 0) is 6.61 Å². The van der Waals surface area contributed by atoms with E-state index in [0.29, 0.717) is 28.0 Å². The number of aromatic nitrogens is 5. The highest BCUT2D eigenvalue weighted by Crippen LogP contribution is 2.37. The molecule has 4 rings (SSSR count). The molecule has 0 amide bonds. The van der Waals surface area contributed by atoms with Crippen LogP contribution in [0.25, 0.3) is 16.4 Å². The molecule has 0 bridgehead atoms. The van der Waals surface area contributed by atoms with Gasteiger partial charge in [-0.15, -0.1) is 15.3 Å². The van der Waals surface area contributed by atoms with Crippen LogP contribution in [-0.4, -0.2) is 37.1 Å². The third-order valence-corrected chi connectivity index (χ3v) is 4.05. The lowest BCUT2D eigenvalue weighted by molar-refractivity contribution is 0.174. The van der Waals surface area contributed by atoms with E-state index in [0.717, 1.165) is 10.6 Å². The Morgan fingerprint density at radius 1 is 1.23 bits per heavy atom. The highest BCUT2D eigenvalue weighted by molar-refractivity contribution is 7.13. The van der Waals surface area contributed by atoms with Crippen molar-refractivity contribution in [2.45, 2.75) is 13.5 Å². The fourth-order valence-corrected chi connectivity index (χ4v) is 2.90. The van der Waals surface area contributed by atoms with E-state index in [4.69, 9.17) is 9.47 Å². The van der Waals surface area contributed by atoms with Crippen molar-refractivity contribution in [1.82, 2.24) is 25.2 Å². The Kier molecular flexibility index (Phi) is 3.01. The Hall–Kier alpha value is -2.52. The molecule has 8 nitrogen and oxygen atoms in total. The average molecular weight is 317 g/mol. The number of hydrogen-bond acceptors (Lipinski definition) is 8. The lowest BCUT2D eigenvalue weighted by Crippen LogP contribution is -2.00. The number of nitrogens with zero attached hydrogens (tertiary/aromatic N) is 5. The van der Waals surface area contributed by atoms with Crippen LogP contribution >= 0.6 is 11.3 Å². The average Bonchev–Trinajstić information content (AvgIpc) is 3.24.